The van der Waals surface area contributed by atoms with E-state index >= 15 is 0 Å². The van der Waals surface area contributed by atoms with E-state index in [0.29, 0.717) is 0 Å². The highest BCUT2D eigenvalue weighted by molar-refractivity contribution is 8.65. The van der Waals surface area contributed by atoms with Crippen LogP contribution in [0.5, 0.6) is 0 Å². The molecule has 2 N–H and O–H groups in total. The molecule has 0 aliphatic carbocycles. The quantitative estimate of drug-likeness (QED) is 0.382. The van der Waals surface area contributed by atoms with Crippen molar-refractivity contribution in [1.82, 2.24) is 0 Å². The number of hydrogen-bond acceptors (Lipinski definition) is 0. The number of rotatable bonds is 6. The maximum absolute atomic E-state index is 9.38. The van der Waals surface area contributed by atoms with Crippen LogP contribution in [0.2, 0.25) is 0 Å². The molecule has 0 saturated carbocycles. The van der Waals surface area contributed by atoms with Gasteiger partial charge in [-0.1, -0.05) is 45.4 Å². The molecule has 0 aromatic heterocycles. The van der Waals surface area contributed by atoms with Gasteiger partial charge < -0.3 is 9.79 Å². The van der Waals surface area contributed by atoms with E-state index in [1.807, 2.05) is 6.92 Å². The van der Waals surface area contributed by atoms with Crippen molar-refractivity contribution in [3.63, 3.8) is 0 Å². The summed E-state index contributed by atoms with van der Waals surface area (Å²) in [7, 11) is -0.266. The van der Waals surface area contributed by atoms with Crippen molar-refractivity contribution in [2.75, 3.05) is 11.5 Å². The summed E-state index contributed by atoms with van der Waals surface area (Å²) in [5, 5.41) is 0. The van der Waals surface area contributed by atoms with Crippen LogP contribution in [0.1, 0.15) is 39.5 Å². The lowest BCUT2D eigenvalue weighted by atomic mass is 10.2. The van der Waals surface area contributed by atoms with Crippen LogP contribution in [0.25, 0.3) is 0 Å². The maximum atomic E-state index is 9.38. The van der Waals surface area contributed by atoms with E-state index in [1.165, 1.54) is 19.3 Å². The van der Waals surface area contributed by atoms with Gasteiger partial charge in [-0.25, -0.2) is 0 Å². The second-order valence-corrected chi connectivity index (χ2v) is 11.5. The van der Waals surface area contributed by atoms with E-state index in [4.69, 9.17) is 0 Å². The number of thiol groups is 1. The molecule has 0 aliphatic rings. The van der Waals surface area contributed by atoms with Crippen LogP contribution in [0.15, 0.2) is 0 Å². The largest absolute Gasteiger partial charge is 0.341 e. The molecule has 0 aliphatic heterocycles. The van der Waals surface area contributed by atoms with Gasteiger partial charge in [-0.15, -0.1) is 10.1 Å². The normalized spacial score (nSPS) is 14.5. The summed E-state index contributed by atoms with van der Waals surface area (Å²) in [4.78, 5) is 18.8. The van der Waals surface area contributed by atoms with E-state index < -0.39 is 5.69 Å². The Hall–Kier alpha value is 1.05. The monoisotopic (exact) mass is 244 g/mol. The highest BCUT2D eigenvalue weighted by atomic mass is 32.9. The van der Waals surface area contributed by atoms with Crippen LogP contribution in [0.3, 0.4) is 0 Å². The Morgan fingerprint density at radius 3 is 2.15 bits per heavy atom. The van der Waals surface area contributed by atoms with Crippen LogP contribution >= 0.6 is 17.9 Å². The summed E-state index contributed by atoms with van der Waals surface area (Å²) in [6.45, 7) is 4.17. The Morgan fingerprint density at radius 1 is 1.15 bits per heavy atom. The molecule has 13 heavy (non-hydrogen) atoms. The predicted molar refractivity (Wildman–Crippen MR) is 67.3 cm³/mol. The average Bonchev–Trinajstić information content (AvgIpc) is 2.02. The molecule has 82 valence electrons. The summed E-state index contributed by atoms with van der Waals surface area (Å²) in [5.74, 6) is 1.77. The highest BCUT2D eigenvalue weighted by Crippen LogP contribution is 2.47. The van der Waals surface area contributed by atoms with Crippen molar-refractivity contribution in [2.24, 2.45) is 0 Å². The van der Waals surface area contributed by atoms with E-state index in [2.05, 4.69) is 19.2 Å². The van der Waals surface area contributed by atoms with Crippen LogP contribution < -0.4 is 0 Å². The summed E-state index contributed by atoms with van der Waals surface area (Å²) >= 11 is 3.89. The predicted octanol–water partition coefficient (Wildman–Crippen LogP) is 2.80. The molecule has 2 nitrogen and oxygen atoms in total. The minimum Gasteiger partial charge on any atom is -0.341 e. The summed E-state index contributed by atoms with van der Waals surface area (Å²) in [6.07, 6.45) is 4.77. The third kappa shape index (κ3) is 7.03. The minimum absolute atomic E-state index is 0.266. The first-order chi connectivity index (χ1) is 6.02. The van der Waals surface area contributed by atoms with Crippen molar-refractivity contribution >= 4 is 28.0 Å². The second-order valence-electron chi connectivity index (χ2n) is 3.03. The first kappa shape index (κ1) is 14.1. The van der Waals surface area contributed by atoms with Crippen LogP contribution in [-0.2, 0) is 10.1 Å². The Morgan fingerprint density at radius 2 is 1.77 bits per heavy atom. The van der Waals surface area contributed by atoms with E-state index in [9.17, 15) is 9.79 Å². The molecule has 0 spiro atoms. The van der Waals surface area contributed by atoms with Gasteiger partial charge in [0.15, 0.2) is 5.69 Å². The highest BCUT2D eigenvalue weighted by Gasteiger charge is 2.08. The topological polar surface area (TPSA) is 40.5 Å². The minimum atomic E-state index is -2.85. The molecular weight excluding hydrogens is 223 g/mol. The lowest BCUT2D eigenvalue weighted by Crippen LogP contribution is -2.01. The van der Waals surface area contributed by atoms with Gasteiger partial charge in [0.2, 0.25) is 0 Å². The maximum Gasteiger partial charge on any atom is 0.198 e. The Kier molecular flexibility index (Phi) is 7.95. The first-order valence-corrected chi connectivity index (χ1v) is 9.79. The third-order valence-corrected chi connectivity index (χ3v) is 9.51. The summed E-state index contributed by atoms with van der Waals surface area (Å²) < 4.78 is 0. The molecule has 5 heteroatoms. The molecule has 0 rings (SSSR count). The van der Waals surface area contributed by atoms with Crippen LogP contribution in [0.4, 0.5) is 0 Å². The zero-order chi connectivity index (χ0) is 10.3. The van der Waals surface area contributed by atoms with Gasteiger partial charge in [0.1, 0.15) is 0 Å². The Labute approximate surface area is 89.0 Å². The van der Waals surface area contributed by atoms with E-state index in [1.54, 1.807) is 0 Å². The fraction of sp³-hybridized carbons (Fsp3) is 1.00. The molecule has 0 aromatic carbocycles. The van der Waals surface area contributed by atoms with Crippen molar-refractivity contribution in [3.05, 3.63) is 0 Å². The Balaban J connectivity index is 3.88. The SMILES string of the molecule is CCCCCCS(CC)=P(O)(O)S. The molecule has 1 unspecified atom stereocenters. The number of hydrogen-bond donors (Lipinski definition) is 3. The summed E-state index contributed by atoms with van der Waals surface area (Å²) in [5.41, 5.74) is -2.85. The lowest BCUT2D eigenvalue weighted by Gasteiger charge is -2.14. The van der Waals surface area contributed by atoms with E-state index in [0.717, 1.165) is 17.9 Å². The lowest BCUT2D eigenvalue weighted by molar-refractivity contribution is 0.502. The van der Waals surface area contributed by atoms with Crippen LogP contribution in [0, 0.1) is 0 Å². The number of unbranched alkanes of at least 4 members (excludes halogenated alkanes) is 3. The average molecular weight is 244 g/mol. The van der Waals surface area contributed by atoms with Gasteiger partial charge >= 0.3 is 0 Å². The molecule has 0 amide bonds. The van der Waals surface area contributed by atoms with Crippen molar-refractivity contribution in [3.8, 4) is 0 Å². The molecule has 1 atom stereocenters. The van der Waals surface area contributed by atoms with Gasteiger partial charge in [0.25, 0.3) is 0 Å². The van der Waals surface area contributed by atoms with Crippen molar-refractivity contribution in [2.45, 2.75) is 39.5 Å². The van der Waals surface area contributed by atoms with Gasteiger partial charge in [-0.05, 0) is 17.9 Å². The van der Waals surface area contributed by atoms with Gasteiger partial charge in [-0.2, -0.15) is 0 Å². The molecule has 0 bridgehead atoms. The molecule has 0 heterocycles. The summed E-state index contributed by atoms with van der Waals surface area (Å²) in [6, 6.07) is 0. The van der Waals surface area contributed by atoms with Gasteiger partial charge in [0, 0.05) is 0 Å². The fourth-order valence-electron chi connectivity index (χ4n) is 1.14. The Bertz CT molecular complexity index is 180. The molecular formula is C8H21O2PS2. The zero-order valence-electron chi connectivity index (χ0n) is 8.44. The van der Waals surface area contributed by atoms with Crippen LogP contribution in [-0.4, -0.2) is 21.3 Å². The van der Waals surface area contributed by atoms with E-state index in [-0.39, 0.29) is 10.1 Å². The molecule has 0 aromatic rings. The molecule has 0 saturated heterocycles. The zero-order valence-corrected chi connectivity index (χ0v) is 11.0. The fourth-order valence-corrected chi connectivity index (χ4v) is 6.49. The standard InChI is InChI=1S/C8H21O2PS2/c1-3-5-6-7-8-13(4-2)11(9,10)12/h9-10,12H,3-8H2,1-2H3. The van der Waals surface area contributed by atoms with Crippen molar-refractivity contribution in [1.29, 1.82) is 0 Å². The third-order valence-electron chi connectivity index (χ3n) is 1.91. The first-order valence-electron chi connectivity index (χ1n) is 4.77. The van der Waals surface area contributed by atoms with Gasteiger partial charge in [-0.3, -0.25) is 0 Å². The smallest absolute Gasteiger partial charge is 0.198 e. The van der Waals surface area contributed by atoms with Gasteiger partial charge in [0.05, 0.1) is 0 Å². The second kappa shape index (κ2) is 7.36. The van der Waals surface area contributed by atoms with Crippen molar-refractivity contribution < 1.29 is 9.79 Å². The molecule has 0 fully saturated rings. The molecule has 0 radical (unpaired) electrons.